The maximum Gasteiger partial charge on any atom is 0.333 e. The zero-order valence-electron chi connectivity index (χ0n) is 8.51. The van der Waals surface area contributed by atoms with Crippen LogP contribution in [0.1, 0.15) is 27.2 Å². The number of hydrogen-bond donors (Lipinski definition) is 1. The van der Waals surface area contributed by atoms with E-state index in [1.165, 1.54) is 11.8 Å². The minimum Gasteiger partial charge on any atom is -0.230 e. The van der Waals surface area contributed by atoms with Crippen LogP contribution in [-0.2, 0) is 9.59 Å². The van der Waals surface area contributed by atoms with Gasteiger partial charge in [0, 0.05) is 0 Å². The minimum absolute atomic E-state index is 0.0388. The van der Waals surface area contributed by atoms with Gasteiger partial charge in [0.25, 0.3) is 0 Å². The van der Waals surface area contributed by atoms with Crippen molar-refractivity contribution in [3.05, 3.63) is 0 Å². The second kappa shape index (κ2) is 3.42. The standard InChI is InChI=1S/C9H15NO2S/c1-9(2,3)10-7(11)5-6(13-4)8(10)12/h6H,5H2,1-4H3/p+1. The third-order valence-electron chi connectivity index (χ3n) is 2.22. The highest BCUT2D eigenvalue weighted by Gasteiger charge is 2.49. The van der Waals surface area contributed by atoms with Gasteiger partial charge in [-0.25, -0.2) is 14.5 Å². The number of amides is 2. The van der Waals surface area contributed by atoms with Crippen molar-refractivity contribution in [3.8, 4) is 0 Å². The molecule has 1 saturated heterocycles. The molecule has 1 rings (SSSR count). The number of imide groups is 1. The van der Waals surface area contributed by atoms with Gasteiger partial charge in [0.1, 0.15) is 10.8 Å². The molecule has 1 N–H and O–H groups in total. The monoisotopic (exact) mass is 202 g/mol. The van der Waals surface area contributed by atoms with Crippen molar-refractivity contribution >= 4 is 23.6 Å². The van der Waals surface area contributed by atoms with E-state index in [0.717, 1.165) is 0 Å². The van der Waals surface area contributed by atoms with Crippen LogP contribution in [-0.4, -0.2) is 28.9 Å². The van der Waals surface area contributed by atoms with Crippen molar-refractivity contribution in [2.24, 2.45) is 0 Å². The van der Waals surface area contributed by atoms with Gasteiger partial charge >= 0.3 is 11.8 Å². The van der Waals surface area contributed by atoms with Crippen LogP contribution < -0.4 is 4.90 Å². The summed E-state index contributed by atoms with van der Waals surface area (Å²) in [6.07, 6.45) is 2.27. The van der Waals surface area contributed by atoms with Crippen molar-refractivity contribution in [1.29, 1.82) is 0 Å². The zero-order chi connectivity index (χ0) is 10.2. The van der Waals surface area contributed by atoms with E-state index < -0.39 is 0 Å². The Labute approximate surface area is 82.9 Å². The van der Waals surface area contributed by atoms with Crippen LogP contribution in [0, 0.1) is 0 Å². The van der Waals surface area contributed by atoms with E-state index >= 15 is 0 Å². The summed E-state index contributed by atoms with van der Waals surface area (Å²) in [5.41, 5.74) is -0.293. The number of thioether (sulfide) groups is 1. The predicted octanol–water partition coefficient (Wildman–Crippen LogP) is -0.142. The van der Waals surface area contributed by atoms with Crippen LogP contribution in [0.5, 0.6) is 0 Å². The molecule has 4 heteroatoms. The van der Waals surface area contributed by atoms with E-state index in [0.29, 0.717) is 11.3 Å². The Bertz CT molecular complexity index is 244. The van der Waals surface area contributed by atoms with Gasteiger partial charge < -0.3 is 0 Å². The van der Waals surface area contributed by atoms with Gasteiger partial charge in [-0.05, 0) is 27.0 Å². The smallest absolute Gasteiger partial charge is 0.230 e. The molecule has 13 heavy (non-hydrogen) atoms. The fourth-order valence-corrected chi connectivity index (χ4v) is 2.29. The molecule has 3 nitrogen and oxygen atoms in total. The molecule has 0 spiro atoms. The first-order chi connectivity index (χ1) is 5.88. The van der Waals surface area contributed by atoms with Crippen LogP contribution in [0.3, 0.4) is 0 Å². The van der Waals surface area contributed by atoms with Gasteiger partial charge in [-0.3, -0.25) is 0 Å². The van der Waals surface area contributed by atoms with Gasteiger partial charge in [0.2, 0.25) is 0 Å². The first-order valence-electron chi connectivity index (χ1n) is 4.35. The average Bonchev–Trinajstić information content (AvgIpc) is 2.24. The summed E-state index contributed by atoms with van der Waals surface area (Å²) in [7, 11) is 0. The van der Waals surface area contributed by atoms with Crippen molar-refractivity contribution in [2.75, 3.05) is 6.26 Å². The molecule has 2 unspecified atom stereocenters. The Morgan fingerprint density at radius 1 is 1.38 bits per heavy atom. The molecule has 2 atom stereocenters. The molecule has 2 amide bonds. The summed E-state index contributed by atoms with van der Waals surface area (Å²) in [6, 6.07) is 0. The highest BCUT2D eigenvalue weighted by Crippen LogP contribution is 2.15. The molecule has 1 aliphatic rings. The number of hydrogen-bond acceptors (Lipinski definition) is 3. The number of carbonyl (C=O) groups excluding carboxylic acids is 2. The Kier molecular flexibility index (Phi) is 2.82. The molecule has 0 aliphatic carbocycles. The molecule has 1 aliphatic heterocycles. The lowest BCUT2D eigenvalue weighted by molar-refractivity contribution is -0.788. The fourth-order valence-electron chi connectivity index (χ4n) is 1.64. The van der Waals surface area contributed by atoms with Crippen LogP contribution in [0.4, 0.5) is 0 Å². The lowest BCUT2D eigenvalue weighted by Gasteiger charge is -2.23. The Morgan fingerprint density at radius 2 is 1.92 bits per heavy atom. The molecule has 0 aromatic rings. The molecular weight excluding hydrogens is 186 g/mol. The van der Waals surface area contributed by atoms with Gasteiger partial charge in [-0.15, -0.1) is 11.8 Å². The summed E-state index contributed by atoms with van der Waals surface area (Å²) in [5.74, 6) is 0.0850. The average molecular weight is 202 g/mol. The molecular formula is C9H16NO2S+. The number of nitrogens with one attached hydrogen (secondary N) is 1. The first-order valence-corrected chi connectivity index (χ1v) is 5.64. The van der Waals surface area contributed by atoms with E-state index in [9.17, 15) is 9.59 Å². The Balaban J connectivity index is 2.89. The number of carbonyl (C=O) groups is 2. The van der Waals surface area contributed by atoms with E-state index in [1.807, 2.05) is 27.0 Å². The van der Waals surface area contributed by atoms with Crippen molar-refractivity contribution in [3.63, 3.8) is 0 Å². The van der Waals surface area contributed by atoms with Crippen molar-refractivity contribution in [2.45, 2.75) is 38.0 Å². The third-order valence-corrected chi connectivity index (χ3v) is 3.17. The van der Waals surface area contributed by atoms with Crippen LogP contribution in [0.15, 0.2) is 0 Å². The van der Waals surface area contributed by atoms with Gasteiger partial charge in [-0.2, -0.15) is 0 Å². The molecule has 74 valence electrons. The van der Waals surface area contributed by atoms with Crippen LogP contribution >= 0.6 is 11.8 Å². The molecule has 1 fully saturated rings. The second-order valence-electron chi connectivity index (χ2n) is 4.34. The van der Waals surface area contributed by atoms with Gasteiger partial charge in [0.15, 0.2) is 0 Å². The second-order valence-corrected chi connectivity index (χ2v) is 5.38. The summed E-state index contributed by atoms with van der Waals surface area (Å²) >= 11 is 1.47. The fraction of sp³-hybridized carbons (Fsp3) is 0.778. The van der Waals surface area contributed by atoms with E-state index in [2.05, 4.69) is 0 Å². The maximum atomic E-state index is 11.7. The molecule has 0 saturated carbocycles. The third kappa shape index (κ3) is 1.94. The summed E-state index contributed by atoms with van der Waals surface area (Å²) in [4.78, 5) is 23.8. The summed E-state index contributed by atoms with van der Waals surface area (Å²) in [5, 5.41) is -0.123. The first kappa shape index (κ1) is 10.7. The van der Waals surface area contributed by atoms with Crippen molar-refractivity contribution < 1.29 is 14.5 Å². The molecule has 0 bridgehead atoms. The van der Waals surface area contributed by atoms with Gasteiger partial charge in [0.05, 0.1) is 6.42 Å². The Hall–Kier alpha value is -0.350. The largest absolute Gasteiger partial charge is 0.333 e. The van der Waals surface area contributed by atoms with E-state index in [4.69, 9.17) is 0 Å². The highest BCUT2D eigenvalue weighted by molar-refractivity contribution is 7.99. The van der Waals surface area contributed by atoms with Crippen molar-refractivity contribution in [1.82, 2.24) is 0 Å². The van der Waals surface area contributed by atoms with E-state index in [-0.39, 0.29) is 22.6 Å². The minimum atomic E-state index is -0.293. The summed E-state index contributed by atoms with van der Waals surface area (Å²) in [6.45, 7) is 5.75. The lowest BCUT2D eigenvalue weighted by Crippen LogP contribution is -3.21. The van der Waals surface area contributed by atoms with E-state index in [1.54, 1.807) is 0 Å². The lowest BCUT2D eigenvalue weighted by atomic mass is 10.1. The SMILES string of the molecule is CSC1CC(=O)[NH+](C(C)(C)C)C1=O. The Morgan fingerprint density at radius 3 is 2.15 bits per heavy atom. The number of likely N-dealkylation sites (tertiary alicyclic amines) is 1. The molecule has 0 aromatic heterocycles. The number of rotatable bonds is 1. The quantitative estimate of drug-likeness (QED) is 0.601. The van der Waals surface area contributed by atoms with Crippen LogP contribution in [0.25, 0.3) is 0 Å². The summed E-state index contributed by atoms with van der Waals surface area (Å²) < 4.78 is 0. The predicted molar refractivity (Wildman–Crippen MR) is 52.6 cm³/mol. The maximum absolute atomic E-state index is 11.7. The van der Waals surface area contributed by atoms with Gasteiger partial charge in [-0.1, -0.05) is 0 Å². The topological polar surface area (TPSA) is 38.6 Å². The molecule has 1 heterocycles. The number of quaternary nitrogens is 1. The zero-order valence-corrected chi connectivity index (χ0v) is 9.33. The highest BCUT2D eigenvalue weighted by atomic mass is 32.2. The van der Waals surface area contributed by atoms with Crippen LogP contribution in [0.2, 0.25) is 0 Å². The molecule has 0 radical (unpaired) electrons. The molecule has 0 aromatic carbocycles. The normalized spacial score (nSPS) is 29.8.